The molecule has 0 aliphatic carbocycles. The first-order valence-corrected chi connectivity index (χ1v) is 11.8. The Kier molecular flexibility index (Phi) is 6.49. The number of hydrogen-bond acceptors (Lipinski definition) is 4. The fraction of sp³-hybridized carbons (Fsp3) is 0.179. The van der Waals surface area contributed by atoms with Gasteiger partial charge in [0, 0.05) is 40.3 Å². The molecule has 2 heterocycles. The van der Waals surface area contributed by atoms with Crippen LogP contribution in [0, 0.1) is 6.92 Å². The Morgan fingerprint density at radius 3 is 2.46 bits per heavy atom. The van der Waals surface area contributed by atoms with Gasteiger partial charge >= 0.3 is 0 Å². The van der Waals surface area contributed by atoms with Crippen LogP contribution < -0.4 is 5.32 Å². The van der Waals surface area contributed by atoms with Crippen molar-refractivity contribution in [1.29, 1.82) is 0 Å². The Balaban J connectivity index is 1.49. The summed E-state index contributed by atoms with van der Waals surface area (Å²) in [6.45, 7) is 4.04. The maximum Gasteiger partial charge on any atom is 0.256 e. The number of hydrogen-bond donors (Lipinski definition) is 1. The van der Waals surface area contributed by atoms with Gasteiger partial charge in [-0.3, -0.25) is 9.59 Å². The lowest BCUT2D eigenvalue weighted by Gasteiger charge is -2.27. The minimum Gasteiger partial charge on any atom is -0.378 e. The predicted molar refractivity (Wildman–Crippen MR) is 138 cm³/mol. The standard InChI is InChI=1S/C28H24ClN3O3/c1-18-21(28(34)32-13-15-35-16-14-32)6-4-8-24(18)31-27(33)23-17-26(19-9-11-20(29)12-10-19)30-25-7-3-2-5-22(23)25/h2-12,17H,13-16H2,1H3,(H,31,33). The summed E-state index contributed by atoms with van der Waals surface area (Å²) in [4.78, 5) is 33.1. The maximum absolute atomic E-state index is 13.5. The number of anilines is 1. The van der Waals surface area contributed by atoms with Crippen molar-refractivity contribution in [1.82, 2.24) is 9.88 Å². The molecule has 1 aliphatic heterocycles. The van der Waals surface area contributed by atoms with Crippen LogP contribution in [-0.2, 0) is 4.74 Å². The highest BCUT2D eigenvalue weighted by atomic mass is 35.5. The average molecular weight is 486 g/mol. The number of morpholine rings is 1. The van der Waals surface area contributed by atoms with Gasteiger partial charge < -0.3 is 15.0 Å². The lowest BCUT2D eigenvalue weighted by molar-refractivity contribution is 0.0302. The van der Waals surface area contributed by atoms with Crippen molar-refractivity contribution < 1.29 is 14.3 Å². The van der Waals surface area contributed by atoms with E-state index in [0.717, 1.165) is 22.0 Å². The minimum atomic E-state index is -0.266. The molecule has 1 saturated heterocycles. The number of benzene rings is 3. The molecule has 7 heteroatoms. The highest BCUT2D eigenvalue weighted by Gasteiger charge is 2.22. The third kappa shape index (κ3) is 4.76. The zero-order chi connectivity index (χ0) is 24.4. The topological polar surface area (TPSA) is 71.5 Å². The SMILES string of the molecule is Cc1c(NC(=O)c2cc(-c3ccc(Cl)cc3)nc3ccccc23)cccc1C(=O)N1CCOCC1. The maximum atomic E-state index is 13.5. The zero-order valence-electron chi connectivity index (χ0n) is 19.3. The van der Waals surface area contributed by atoms with Gasteiger partial charge in [-0.1, -0.05) is 48.0 Å². The molecular formula is C28H24ClN3O3. The first-order chi connectivity index (χ1) is 17.0. The predicted octanol–water partition coefficient (Wildman–Crippen LogP) is 5.59. The molecule has 6 nitrogen and oxygen atoms in total. The number of nitrogens with zero attached hydrogens (tertiary/aromatic N) is 2. The van der Waals surface area contributed by atoms with Gasteiger partial charge in [0.05, 0.1) is 30.0 Å². The van der Waals surface area contributed by atoms with Gasteiger partial charge in [0.2, 0.25) is 0 Å². The monoisotopic (exact) mass is 485 g/mol. The molecule has 1 N–H and O–H groups in total. The molecule has 1 aromatic heterocycles. The van der Waals surface area contributed by atoms with Gasteiger partial charge in [0.15, 0.2) is 0 Å². The first kappa shape index (κ1) is 23.0. The summed E-state index contributed by atoms with van der Waals surface area (Å²) in [5.41, 5.74) is 4.67. The number of carbonyl (C=O) groups is 2. The molecule has 0 radical (unpaired) electrons. The van der Waals surface area contributed by atoms with E-state index >= 15 is 0 Å². The molecule has 1 aliphatic rings. The summed E-state index contributed by atoms with van der Waals surface area (Å²) in [6, 6.07) is 22.1. The Labute approximate surface area is 208 Å². The Morgan fingerprint density at radius 1 is 0.943 bits per heavy atom. The summed E-state index contributed by atoms with van der Waals surface area (Å²) >= 11 is 6.05. The van der Waals surface area contributed by atoms with Gasteiger partial charge in [-0.25, -0.2) is 4.98 Å². The molecule has 5 rings (SSSR count). The smallest absolute Gasteiger partial charge is 0.256 e. The van der Waals surface area contributed by atoms with Gasteiger partial charge in [0.1, 0.15) is 0 Å². The van der Waals surface area contributed by atoms with E-state index in [1.54, 1.807) is 35.2 Å². The van der Waals surface area contributed by atoms with Crippen molar-refractivity contribution in [2.45, 2.75) is 6.92 Å². The quantitative estimate of drug-likeness (QED) is 0.409. The van der Waals surface area contributed by atoms with Crippen LogP contribution in [0.1, 0.15) is 26.3 Å². The Hall–Kier alpha value is -3.74. The first-order valence-electron chi connectivity index (χ1n) is 11.4. The molecule has 2 amide bonds. The highest BCUT2D eigenvalue weighted by molar-refractivity contribution is 6.30. The van der Waals surface area contributed by atoms with Crippen molar-refractivity contribution >= 4 is 40.0 Å². The van der Waals surface area contributed by atoms with Gasteiger partial charge in [-0.05, 0) is 48.9 Å². The van der Waals surface area contributed by atoms with Crippen LogP contribution in [0.3, 0.4) is 0 Å². The molecule has 0 bridgehead atoms. The fourth-order valence-electron chi connectivity index (χ4n) is 4.26. The Bertz CT molecular complexity index is 1410. The molecule has 0 spiro atoms. The van der Waals surface area contributed by atoms with Crippen molar-refractivity contribution in [2.24, 2.45) is 0 Å². The normalized spacial score (nSPS) is 13.6. The molecule has 176 valence electrons. The van der Waals surface area contributed by atoms with Crippen molar-refractivity contribution in [3.63, 3.8) is 0 Å². The fourth-order valence-corrected chi connectivity index (χ4v) is 4.39. The zero-order valence-corrected chi connectivity index (χ0v) is 20.0. The summed E-state index contributed by atoms with van der Waals surface area (Å²) in [7, 11) is 0. The molecule has 3 aromatic carbocycles. The third-order valence-corrected chi connectivity index (χ3v) is 6.46. The number of pyridine rings is 1. The number of carbonyl (C=O) groups excluding carboxylic acids is 2. The number of rotatable bonds is 4. The summed E-state index contributed by atoms with van der Waals surface area (Å²) in [6.07, 6.45) is 0. The Morgan fingerprint density at radius 2 is 1.69 bits per heavy atom. The number of ether oxygens (including phenoxy) is 1. The van der Waals surface area contributed by atoms with Crippen LogP contribution in [0.5, 0.6) is 0 Å². The molecule has 0 unspecified atom stereocenters. The van der Waals surface area contributed by atoms with E-state index in [4.69, 9.17) is 21.3 Å². The van der Waals surface area contributed by atoms with E-state index in [9.17, 15) is 9.59 Å². The number of nitrogens with one attached hydrogen (secondary N) is 1. The van der Waals surface area contributed by atoms with E-state index in [-0.39, 0.29) is 11.8 Å². The average Bonchev–Trinajstić information content (AvgIpc) is 2.89. The molecule has 4 aromatic rings. The van der Waals surface area contributed by atoms with Crippen molar-refractivity contribution in [3.05, 3.63) is 94.5 Å². The second kappa shape index (κ2) is 9.86. The van der Waals surface area contributed by atoms with E-state index in [0.29, 0.717) is 53.8 Å². The number of amides is 2. The lowest BCUT2D eigenvalue weighted by atomic mass is 10.0. The van der Waals surface area contributed by atoms with Crippen LogP contribution in [0.4, 0.5) is 5.69 Å². The molecular weight excluding hydrogens is 462 g/mol. The number of para-hydroxylation sites is 1. The second-order valence-electron chi connectivity index (χ2n) is 8.42. The van der Waals surface area contributed by atoms with Gasteiger partial charge in [-0.2, -0.15) is 0 Å². The number of aromatic nitrogens is 1. The van der Waals surface area contributed by atoms with Gasteiger partial charge in [-0.15, -0.1) is 0 Å². The van der Waals surface area contributed by atoms with Crippen molar-refractivity contribution in [2.75, 3.05) is 31.6 Å². The third-order valence-electron chi connectivity index (χ3n) is 6.21. The minimum absolute atomic E-state index is 0.0544. The largest absolute Gasteiger partial charge is 0.378 e. The van der Waals surface area contributed by atoms with Crippen molar-refractivity contribution in [3.8, 4) is 11.3 Å². The lowest BCUT2D eigenvalue weighted by Crippen LogP contribution is -2.41. The highest BCUT2D eigenvalue weighted by Crippen LogP contribution is 2.28. The van der Waals surface area contributed by atoms with Crippen LogP contribution >= 0.6 is 11.6 Å². The van der Waals surface area contributed by atoms with Crippen LogP contribution in [-0.4, -0.2) is 48.0 Å². The summed E-state index contributed by atoms with van der Waals surface area (Å²) < 4.78 is 5.36. The number of halogens is 1. The van der Waals surface area contributed by atoms with E-state index in [1.807, 2.05) is 49.4 Å². The summed E-state index contributed by atoms with van der Waals surface area (Å²) in [5.74, 6) is -0.320. The summed E-state index contributed by atoms with van der Waals surface area (Å²) in [5, 5.41) is 4.41. The van der Waals surface area contributed by atoms with E-state index in [2.05, 4.69) is 5.32 Å². The number of fused-ring (bicyclic) bond motifs is 1. The van der Waals surface area contributed by atoms with Crippen LogP contribution in [0.25, 0.3) is 22.2 Å². The second-order valence-corrected chi connectivity index (χ2v) is 8.85. The molecule has 35 heavy (non-hydrogen) atoms. The van der Waals surface area contributed by atoms with Crippen LogP contribution in [0.2, 0.25) is 5.02 Å². The molecule has 0 atom stereocenters. The van der Waals surface area contributed by atoms with Gasteiger partial charge in [0.25, 0.3) is 11.8 Å². The van der Waals surface area contributed by atoms with E-state index < -0.39 is 0 Å². The molecule has 1 fully saturated rings. The molecule has 0 saturated carbocycles. The van der Waals surface area contributed by atoms with E-state index in [1.165, 1.54) is 0 Å². The van der Waals surface area contributed by atoms with Crippen LogP contribution in [0.15, 0.2) is 72.8 Å².